The normalized spacial score (nSPS) is 11.7. The minimum atomic E-state index is 0.869. The van der Waals surface area contributed by atoms with E-state index in [4.69, 9.17) is 4.42 Å². The molecule has 2 nitrogen and oxygen atoms in total. The van der Waals surface area contributed by atoms with Gasteiger partial charge in [0.25, 0.3) is 0 Å². The summed E-state index contributed by atoms with van der Waals surface area (Å²) in [6, 6.07) is 72.3. The van der Waals surface area contributed by atoms with Crippen LogP contribution in [0.15, 0.2) is 205 Å². The van der Waals surface area contributed by atoms with Gasteiger partial charge in [0, 0.05) is 39.0 Å². The molecule has 1 heterocycles. The maximum absolute atomic E-state index is 6.72. The van der Waals surface area contributed by atoms with Gasteiger partial charge in [-0.2, -0.15) is 0 Å². The summed E-state index contributed by atoms with van der Waals surface area (Å²) < 4.78 is 6.72. The molecule has 0 amide bonds. The van der Waals surface area contributed by atoms with Crippen molar-refractivity contribution in [2.45, 2.75) is 0 Å². The van der Waals surface area contributed by atoms with Gasteiger partial charge >= 0.3 is 0 Å². The average Bonchev–Trinajstić information content (AvgIpc) is 3.63. The lowest BCUT2D eigenvalue weighted by atomic mass is 9.90. The van der Waals surface area contributed by atoms with Crippen molar-refractivity contribution in [2.24, 2.45) is 0 Å². The number of nitrogens with zero attached hydrogens (tertiary/aromatic N) is 1. The molecule has 0 bridgehead atoms. The number of hydrogen-bond donors (Lipinski definition) is 0. The van der Waals surface area contributed by atoms with Gasteiger partial charge in [0.1, 0.15) is 11.2 Å². The number of benzene rings is 10. The average molecular weight is 688 g/mol. The third-order valence-corrected chi connectivity index (χ3v) is 11.0. The largest absolute Gasteiger partial charge is 0.455 e. The molecule has 252 valence electrons. The van der Waals surface area contributed by atoms with Crippen LogP contribution in [0.1, 0.15) is 0 Å². The first-order valence-corrected chi connectivity index (χ1v) is 18.5. The van der Waals surface area contributed by atoms with Crippen LogP contribution >= 0.6 is 0 Å². The third kappa shape index (κ3) is 4.81. The Morgan fingerprint density at radius 1 is 0.315 bits per heavy atom. The summed E-state index contributed by atoms with van der Waals surface area (Å²) in [4.78, 5) is 2.38. The van der Waals surface area contributed by atoms with Crippen LogP contribution < -0.4 is 4.90 Å². The maximum Gasteiger partial charge on any atom is 0.143 e. The molecule has 0 aliphatic heterocycles. The second-order valence-electron chi connectivity index (χ2n) is 14.1. The molecule has 0 unspecified atom stereocenters. The molecule has 0 atom stereocenters. The summed E-state index contributed by atoms with van der Waals surface area (Å²) in [5, 5.41) is 12.0. The Morgan fingerprint density at radius 2 is 0.907 bits per heavy atom. The van der Waals surface area contributed by atoms with Gasteiger partial charge in [-0.25, -0.2) is 0 Å². The smallest absolute Gasteiger partial charge is 0.143 e. The Bertz CT molecular complexity index is 3210. The van der Waals surface area contributed by atoms with Crippen LogP contribution in [0.3, 0.4) is 0 Å². The molecule has 0 fully saturated rings. The van der Waals surface area contributed by atoms with Crippen LogP contribution in [0.5, 0.6) is 0 Å². The van der Waals surface area contributed by atoms with E-state index in [0.717, 1.165) is 44.4 Å². The van der Waals surface area contributed by atoms with Crippen molar-refractivity contribution in [3.8, 4) is 22.3 Å². The van der Waals surface area contributed by atoms with E-state index in [1.807, 2.05) is 0 Å². The molecule has 0 radical (unpaired) electrons. The van der Waals surface area contributed by atoms with Crippen molar-refractivity contribution in [3.63, 3.8) is 0 Å². The number of fused-ring (bicyclic) bond motifs is 9. The molecule has 54 heavy (non-hydrogen) atoms. The molecular formula is C52H33NO. The number of hydrogen-bond acceptors (Lipinski definition) is 2. The first kappa shape index (κ1) is 30.5. The molecule has 11 aromatic rings. The fraction of sp³-hybridized carbons (Fsp3) is 0. The highest BCUT2D eigenvalue weighted by atomic mass is 16.3. The topological polar surface area (TPSA) is 16.4 Å². The van der Waals surface area contributed by atoms with E-state index in [9.17, 15) is 0 Å². The van der Waals surface area contributed by atoms with Gasteiger partial charge in [0.2, 0.25) is 0 Å². The molecule has 11 rings (SSSR count). The lowest BCUT2D eigenvalue weighted by Gasteiger charge is -2.28. The molecule has 10 aromatic carbocycles. The van der Waals surface area contributed by atoms with E-state index >= 15 is 0 Å². The summed E-state index contributed by atoms with van der Waals surface area (Å²) in [6.07, 6.45) is 0. The number of rotatable bonds is 5. The van der Waals surface area contributed by atoms with Crippen molar-refractivity contribution in [1.29, 1.82) is 0 Å². The molecule has 0 saturated carbocycles. The standard InChI is InChI=1S/C52H33NO/c1-2-12-34(13-3-1)35-22-25-38(26-23-35)53(39-27-29-47-48-28-24-36-14-4-7-17-41(36)52(48)54-51(47)33-39)50-31-30-45(43-19-10-11-21-46(43)50)49-32-37-15-5-6-16-40(37)42-18-8-9-20-44(42)49/h1-33H. The van der Waals surface area contributed by atoms with Gasteiger partial charge < -0.3 is 9.32 Å². The molecular weight excluding hydrogens is 655 g/mol. The predicted molar refractivity (Wildman–Crippen MR) is 229 cm³/mol. The van der Waals surface area contributed by atoms with E-state index in [1.165, 1.54) is 60.0 Å². The van der Waals surface area contributed by atoms with Gasteiger partial charge in [-0.15, -0.1) is 0 Å². The van der Waals surface area contributed by atoms with Crippen molar-refractivity contribution in [3.05, 3.63) is 200 Å². The van der Waals surface area contributed by atoms with E-state index in [1.54, 1.807) is 0 Å². The highest BCUT2D eigenvalue weighted by Gasteiger charge is 2.20. The van der Waals surface area contributed by atoms with Gasteiger partial charge in [-0.3, -0.25) is 0 Å². The summed E-state index contributed by atoms with van der Waals surface area (Å²) in [7, 11) is 0. The summed E-state index contributed by atoms with van der Waals surface area (Å²) >= 11 is 0. The van der Waals surface area contributed by atoms with Crippen LogP contribution in [-0.2, 0) is 0 Å². The summed E-state index contributed by atoms with van der Waals surface area (Å²) in [5.41, 5.74) is 9.85. The van der Waals surface area contributed by atoms with E-state index in [2.05, 4.69) is 205 Å². The third-order valence-electron chi connectivity index (χ3n) is 11.0. The second-order valence-corrected chi connectivity index (χ2v) is 14.1. The predicted octanol–water partition coefficient (Wildman–Crippen LogP) is 15.0. The lowest BCUT2D eigenvalue weighted by molar-refractivity contribution is 0.672. The first-order valence-electron chi connectivity index (χ1n) is 18.5. The monoisotopic (exact) mass is 687 g/mol. The fourth-order valence-corrected chi connectivity index (χ4v) is 8.48. The highest BCUT2D eigenvalue weighted by molar-refractivity contribution is 6.18. The zero-order chi connectivity index (χ0) is 35.6. The van der Waals surface area contributed by atoms with Crippen LogP contribution in [0.25, 0.3) is 87.3 Å². The van der Waals surface area contributed by atoms with Crippen LogP contribution in [-0.4, -0.2) is 0 Å². The Kier molecular flexibility index (Phi) is 6.90. The van der Waals surface area contributed by atoms with Crippen LogP contribution in [0, 0.1) is 0 Å². The zero-order valence-electron chi connectivity index (χ0n) is 29.4. The van der Waals surface area contributed by atoms with E-state index in [0.29, 0.717) is 0 Å². The Morgan fingerprint density at radius 3 is 1.70 bits per heavy atom. The zero-order valence-corrected chi connectivity index (χ0v) is 29.4. The summed E-state index contributed by atoms with van der Waals surface area (Å²) in [6.45, 7) is 0. The number of anilines is 3. The van der Waals surface area contributed by atoms with Crippen molar-refractivity contribution < 1.29 is 4.42 Å². The quantitative estimate of drug-likeness (QED) is 0.168. The molecule has 1 aromatic heterocycles. The molecule has 0 N–H and O–H groups in total. The maximum atomic E-state index is 6.72. The van der Waals surface area contributed by atoms with Gasteiger partial charge in [-0.05, 0) is 97.0 Å². The Balaban J connectivity index is 1.14. The van der Waals surface area contributed by atoms with Gasteiger partial charge in [-0.1, -0.05) is 152 Å². The SMILES string of the molecule is c1ccc(-c2ccc(N(c3ccc4c(c3)oc3c5ccccc5ccc43)c3ccc(-c4cc5ccccc5c5ccccc45)c4ccccc34)cc2)cc1. The van der Waals surface area contributed by atoms with Crippen LogP contribution in [0.2, 0.25) is 0 Å². The first-order chi connectivity index (χ1) is 26.8. The van der Waals surface area contributed by atoms with E-state index in [-0.39, 0.29) is 0 Å². The van der Waals surface area contributed by atoms with Crippen LogP contribution in [0.4, 0.5) is 17.1 Å². The molecule has 0 saturated heterocycles. The Hall–Kier alpha value is -7.16. The minimum absolute atomic E-state index is 0.869. The molecule has 0 spiro atoms. The van der Waals surface area contributed by atoms with Crippen molar-refractivity contribution in [2.75, 3.05) is 4.90 Å². The molecule has 2 heteroatoms. The summed E-state index contributed by atoms with van der Waals surface area (Å²) in [5.74, 6) is 0. The molecule has 0 aliphatic rings. The van der Waals surface area contributed by atoms with Crippen molar-refractivity contribution >= 4 is 82.1 Å². The van der Waals surface area contributed by atoms with E-state index < -0.39 is 0 Å². The fourth-order valence-electron chi connectivity index (χ4n) is 8.48. The minimum Gasteiger partial charge on any atom is -0.455 e. The van der Waals surface area contributed by atoms with Gasteiger partial charge in [0.05, 0.1) is 5.69 Å². The van der Waals surface area contributed by atoms with Crippen molar-refractivity contribution in [1.82, 2.24) is 0 Å². The van der Waals surface area contributed by atoms with Gasteiger partial charge in [0.15, 0.2) is 0 Å². The Labute approximate surface area is 312 Å². The number of furan rings is 1. The lowest BCUT2D eigenvalue weighted by Crippen LogP contribution is -2.10. The second kappa shape index (κ2) is 12.2. The molecule has 0 aliphatic carbocycles. The highest BCUT2D eigenvalue weighted by Crippen LogP contribution is 2.46.